The molecule has 0 unspecified atom stereocenters. The lowest BCUT2D eigenvalue weighted by Crippen LogP contribution is -2.25. The normalized spacial score (nSPS) is 23.1. The van der Waals surface area contributed by atoms with Crippen LogP contribution in [-0.4, -0.2) is 22.7 Å². The maximum atomic E-state index is 13.4. The van der Waals surface area contributed by atoms with E-state index in [0.29, 0.717) is 0 Å². The summed E-state index contributed by atoms with van der Waals surface area (Å²) in [6.45, 7) is 0.160. The number of ether oxygens (including phenoxy) is 1. The van der Waals surface area contributed by atoms with Crippen molar-refractivity contribution in [3.63, 3.8) is 0 Å². The van der Waals surface area contributed by atoms with Crippen LogP contribution in [0.2, 0.25) is 0 Å². The second-order valence-electron chi connectivity index (χ2n) is 4.79. The number of nitrogens with zero attached hydrogens (tertiary/aromatic N) is 1. The Labute approximate surface area is 110 Å². The Morgan fingerprint density at radius 1 is 1.37 bits per heavy atom. The summed E-state index contributed by atoms with van der Waals surface area (Å²) < 4.78 is 19.0. The van der Waals surface area contributed by atoms with Crippen LogP contribution in [0.4, 0.5) is 10.1 Å². The number of benzene rings is 1. The van der Waals surface area contributed by atoms with Gasteiger partial charge < -0.3 is 9.84 Å². The highest BCUT2D eigenvalue weighted by Crippen LogP contribution is 2.33. The third-order valence-corrected chi connectivity index (χ3v) is 3.48. The van der Waals surface area contributed by atoms with Gasteiger partial charge in [0.2, 0.25) is 11.6 Å². The predicted octanol–water partition coefficient (Wildman–Crippen LogP) is 2.66. The van der Waals surface area contributed by atoms with E-state index in [1.807, 2.05) is 0 Å². The number of nitro benzene ring substituents is 1. The zero-order valence-electron chi connectivity index (χ0n) is 10.4. The SMILES string of the molecule is O=[N+]([O-])c1c(F)cccc1OC1CCC(CO)CC1. The Bertz CT molecular complexity index is 458. The number of hydrogen-bond acceptors (Lipinski definition) is 4. The smallest absolute Gasteiger partial charge is 0.346 e. The van der Waals surface area contributed by atoms with Crippen LogP contribution in [0.25, 0.3) is 0 Å². The first-order chi connectivity index (χ1) is 9.11. The molecule has 1 aliphatic rings. The summed E-state index contributed by atoms with van der Waals surface area (Å²) in [7, 11) is 0. The van der Waals surface area contributed by atoms with Gasteiger partial charge in [-0.2, -0.15) is 4.39 Å². The second kappa shape index (κ2) is 5.97. The zero-order valence-corrected chi connectivity index (χ0v) is 10.4. The number of halogens is 1. The monoisotopic (exact) mass is 269 g/mol. The maximum absolute atomic E-state index is 13.4. The first kappa shape index (κ1) is 13.7. The van der Waals surface area contributed by atoms with Crippen molar-refractivity contribution >= 4 is 5.69 Å². The van der Waals surface area contributed by atoms with Gasteiger partial charge in [0.25, 0.3) is 0 Å². The molecule has 0 radical (unpaired) electrons. The highest BCUT2D eigenvalue weighted by molar-refractivity contribution is 5.47. The lowest BCUT2D eigenvalue weighted by atomic mass is 9.88. The molecule has 19 heavy (non-hydrogen) atoms. The summed E-state index contributed by atoms with van der Waals surface area (Å²) in [5.41, 5.74) is -0.605. The summed E-state index contributed by atoms with van der Waals surface area (Å²) in [6, 6.07) is 3.87. The standard InChI is InChI=1S/C13H16FNO4/c14-11-2-1-3-12(13(11)15(17)18)19-10-6-4-9(8-16)5-7-10/h1-3,9-10,16H,4-8H2. The molecule has 0 saturated heterocycles. The third-order valence-electron chi connectivity index (χ3n) is 3.48. The molecular weight excluding hydrogens is 253 g/mol. The fraction of sp³-hybridized carbons (Fsp3) is 0.538. The predicted molar refractivity (Wildman–Crippen MR) is 66.5 cm³/mol. The van der Waals surface area contributed by atoms with Gasteiger partial charge in [-0.1, -0.05) is 6.07 Å². The van der Waals surface area contributed by atoms with Crippen LogP contribution in [0.15, 0.2) is 18.2 Å². The van der Waals surface area contributed by atoms with Gasteiger partial charge in [0.05, 0.1) is 11.0 Å². The summed E-state index contributed by atoms with van der Waals surface area (Å²) >= 11 is 0. The van der Waals surface area contributed by atoms with Crippen molar-refractivity contribution in [1.29, 1.82) is 0 Å². The van der Waals surface area contributed by atoms with E-state index in [1.54, 1.807) is 0 Å². The van der Waals surface area contributed by atoms with E-state index < -0.39 is 16.4 Å². The van der Waals surface area contributed by atoms with E-state index in [-0.39, 0.29) is 24.4 Å². The molecule has 0 bridgehead atoms. The number of rotatable bonds is 4. The Morgan fingerprint density at radius 3 is 2.63 bits per heavy atom. The van der Waals surface area contributed by atoms with Gasteiger partial charge in [0.1, 0.15) is 0 Å². The van der Waals surface area contributed by atoms with Gasteiger partial charge in [0.15, 0.2) is 0 Å². The van der Waals surface area contributed by atoms with Crippen molar-refractivity contribution in [2.75, 3.05) is 6.61 Å². The minimum absolute atomic E-state index is 0.0163. The van der Waals surface area contributed by atoms with Crippen molar-refractivity contribution in [2.45, 2.75) is 31.8 Å². The number of aliphatic hydroxyl groups excluding tert-OH is 1. The summed E-state index contributed by atoms with van der Waals surface area (Å²) in [5, 5.41) is 19.9. The van der Waals surface area contributed by atoms with Crippen molar-refractivity contribution < 1.29 is 19.2 Å². The van der Waals surface area contributed by atoms with Gasteiger partial charge in [-0.3, -0.25) is 10.1 Å². The van der Waals surface area contributed by atoms with Gasteiger partial charge in [-0.25, -0.2) is 0 Å². The fourth-order valence-corrected chi connectivity index (χ4v) is 2.38. The average molecular weight is 269 g/mol. The van der Waals surface area contributed by atoms with Crippen molar-refractivity contribution in [1.82, 2.24) is 0 Å². The van der Waals surface area contributed by atoms with Crippen LogP contribution in [0, 0.1) is 21.8 Å². The molecule has 1 aromatic rings. The summed E-state index contributed by atoms with van der Waals surface area (Å²) in [5.74, 6) is -0.619. The van der Waals surface area contributed by atoms with Crippen LogP contribution in [0.1, 0.15) is 25.7 Å². The van der Waals surface area contributed by atoms with Crippen LogP contribution in [0.5, 0.6) is 5.75 Å². The molecule has 1 fully saturated rings. The van der Waals surface area contributed by atoms with Crippen LogP contribution in [0.3, 0.4) is 0 Å². The van der Waals surface area contributed by atoms with Gasteiger partial charge in [-0.05, 0) is 43.7 Å². The molecule has 1 N–H and O–H groups in total. The summed E-state index contributed by atoms with van der Waals surface area (Å²) in [4.78, 5) is 10.1. The third kappa shape index (κ3) is 3.20. The van der Waals surface area contributed by atoms with Crippen molar-refractivity contribution in [3.8, 4) is 5.75 Å². The lowest BCUT2D eigenvalue weighted by molar-refractivity contribution is -0.388. The molecule has 2 rings (SSSR count). The summed E-state index contributed by atoms with van der Waals surface area (Å²) in [6.07, 6.45) is 2.94. The number of hydrogen-bond donors (Lipinski definition) is 1. The average Bonchev–Trinajstić information content (AvgIpc) is 2.39. The first-order valence-corrected chi connectivity index (χ1v) is 6.32. The molecule has 6 heteroatoms. The van der Waals surface area contributed by atoms with E-state index in [2.05, 4.69) is 0 Å². The van der Waals surface area contributed by atoms with E-state index >= 15 is 0 Å². The van der Waals surface area contributed by atoms with E-state index in [4.69, 9.17) is 9.84 Å². The minimum atomic E-state index is -0.883. The largest absolute Gasteiger partial charge is 0.483 e. The van der Waals surface area contributed by atoms with E-state index in [0.717, 1.165) is 31.7 Å². The number of nitro groups is 1. The van der Waals surface area contributed by atoms with Crippen LogP contribution >= 0.6 is 0 Å². The molecule has 1 saturated carbocycles. The molecule has 0 aromatic heterocycles. The van der Waals surface area contributed by atoms with E-state index in [9.17, 15) is 14.5 Å². The van der Waals surface area contributed by atoms with E-state index in [1.165, 1.54) is 12.1 Å². The quantitative estimate of drug-likeness (QED) is 0.673. The molecule has 104 valence electrons. The Kier molecular flexibility index (Phi) is 4.31. The van der Waals surface area contributed by atoms with Gasteiger partial charge in [0, 0.05) is 6.61 Å². The Morgan fingerprint density at radius 2 is 2.05 bits per heavy atom. The van der Waals surface area contributed by atoms with Crippen molar-refractivity contribution in [2.24, 2.45) is 5.92 Å². The minimum Gasteiger partial charge on any atom is -0.483 e. The van der Waals surface area contributed by atoms with Crippen LogP contribution in [-0.2, 0) is 0 Å². The lowest BCUT2D eigenvalue weighted by Gasteiger charge is -2.27. The van der Waals surface area contributed by atoms with Gasteiger partial charge >= 0.3 is 5.69 Å². The highest BCUT2D eigenvalue weighted by Gasteiger charge is 2.26. The molecule has 0 spiro atoms. The van der Waals surface area contributed by atoms with Gasteiger partial charge in [-0.15, -0.1) is 0 Å². The molecule has 1 aliphatic carbocycles. The highest BCUT2D eigenvalue weighted by atomic mass is 19.1. The Hall–Kier alpha value is -1.69. The second-order valence-corrected chi connectivity index (χ2v) is 4.79. The number of para-hydroxylation sites is 1. The maximum Gasteiger partial charge on any atom is 0.346 e. The molecule has 5 nitrogen and oxygen atoms in total. The Balaban J connectivity index is 2.08. The molecule has 0 atom stereocenters. The topological polar surface area (TPSA) is 72.6 Å². The molecule has 0 heterocycles. The fourth-order valence-electron chi connectivity index (χ4n) is 2.38. The number of aliphatic hydroxyl groups is 1. The molecule has 0 amide bonds. The van der Waals surface area contributed by atoms with Crippen LogP contribution < -0.4 is 4.74 Å². The first-order valence-electron chi connectivity index (χ1n) is 6.32. The molecule has 0 aliphatic heterocycles. The molecular formula is C13H16FNO4. The zero-order chi connectivity index (χ0) is 13.8. The molecule has 1 aromatic carbocycles. The van der Waals surface area contributed by atoms with Crippen molar-refractivity contribution in [3.05, 3.63) is 34.1 Å².